The Balaban J connectivity index is 2.23. The Hall–Kier alpha value is -1.61. The monoisotopic (exact) mass is 285 g/mol. The molecule has 21 heavy (non-hydrogen) atoms. The standard InChI is InChI=1S/C18H27N3/c1-5-10-19-18(11-16-12-20-21(6-2)13-16)17-9-7-8-14(3)15(17)4/h7-9,12-13,18-19H,5-6,10-11H2,1-4H3. The summed E-state index contributed by atoms with van der Waals surface area (Å²) in [6, 6.07) is 6.96. The molecule has 0 saturated carbocycles. The number of hydrogen-bond donors (Lipinski definition) is 1. The highest BCUT2D eigenvalue weighted by Crippen LogP contribution is 2.24. The third-order valence-corrected chi connectivity index (χ3v) is 4.11. The highest BCUT2D eigenvalue weighted by molar-refractivity contribution is 5.36. The van der Waals surface area contributed by atoms with Crippen molar-refractivity contribution in [2.45, 2.75) is 53.1 Å². The summed E-state index contributed by atoms with van der Waals surface area (Å²) in [5, 5.41) is 8.08. The van der Waals surface area contributed by atoms with Crippen molar-refractivity contribution < 1.29 is 0 Å². The van der Waals surface area contributed by atoms with E-state index in [4.69, 9.17) is 0 Å². The largest absolute Gasteiger partial charge is 0.310 e. The topological polar surface area (TPSA) is 29.9 Å². The molecule has 0 amide bonds. The average Bonchev–Trinajstić information content (AvgIpc) is 2.94. The highest BCUT2D eigenvalue weighted by atomic mass is 15.3. The zero-order valence-electron chi connectivity index (χ0n) is 13.7. The fourth-order valence-corrected chi connectivity index (χ4v) is 2.68. The van der Waals surface area contributed by atoms with Gasteiger partial charge in [-0.3, -0.25) is 4.68 Å². The molecule has 0 radical (unpaired) electrons. The Morgan fingerprint density at radius 3 is 2.71 bits per heavy atom. The van der Waals surface area contributed by atoms with Crippen LogP contribution >= 0.6 is 0 Å². The number of aryl methyl sites for hydroxylation is 2. The molecule has 1 unspecified atom stereocenters. The van der Waals surface area contributed by atoms with E-state index in [1.165, 1.54) is 22.3 Å². The molecule has 1 N–H and O–H groups in total. The van der Waals surface area contributed by atoms with Crippen LogP contribution in [0.1, 0.15) is 48.6 Å². The van der Waals surface area contributed by atoms with Gasteiger partial charge in [-0.25, -0.2) is 0 Å². The summed E-state index contributed by atoms with van der Waals surface area (Å²) in [6.45, 7) is 10.7. The normalized spacial score (nSPS) is 12.6. The fraction of sp³-hybridized carbons (Fsp3) is 0.500. The van der Waals surface area contributed by atoms with E-state index in [-0.39, 0.29) is 0 Å². The predicted molar refractivity (Wildman–Crippen MR) is 88.6 cm³/mol. The molecule has 1 atom stereocenters. The Morgan fingerprint density at radius 2 is 2.05 bits per heavy atom. The molecule has 114 valence electrons. The molecule has 0 aliphatic rings. The van der Waals surface area contributed by atoms with Crippen molar-refractivity contribution in [3.05, 3.63) is 52.8 Å². The molecule has 0 spiro atoms. The lowest BCUT2D eigenvalue weighted by Crippen LogP contribution is -2.25. The Labute approximate surface area is 128 Å². The van der Waals surface area contributed by atoms with Gasteiger partial charge in [-0.1, -0.05) is 25.1 Å². The Morgan fingerprint density at radius 1 is 1.24 bits per heavy atom. The molecule has 3 nitrogen and oxygen atoms in total. The zero-order valence-corrected chi connectivity index (χ0v) is 13.7. The van der Waals surface area contributed by atoms with Gasteiger partial charge in [0.2, 0.25) is 0 Å². The Kier molecular flexibility index (Phi) is 5.57. The lowest BCUT2D eigenvalue weighted by molar-refractivity contribution is 0.526. The van der Waals surface area contributed by atoms with Crippen LogP contribution in [0.3, 0.4) is 0 Å². The van der Waals surface area contributed by atoms with E-state index in [1.54, 1.807) is 0 Å². The fourth-order valence-electron chi connectivity index (χ4n) is 2.68. The lowest BCUT2D eigenvalue weighted by atomic mass is 9.94. The third kappa shape index (κ3) is 3.94. The smallest absolute Gasteiger partial charge is 0.0522 e. The van der Waals surface area contributed by atoms with E-state index in [2.05, 4.69) is 62.5 Å². The van der Waals surface area contributed by atoms with Crippen LogP contribution in [0.15, 0.2) is 30.6 Å². The first kappa shape index (κ1) is 15.8. The summed E-state index contributed by atoms with van der Waals surface area (Å²) in [7, 11) is 0. The number of hydrogen-bond acceptors (Lipinski definition) is 2. The maximum absolute atomic E-state index is 4.39. The van der Waals surface area contributed by atoms with Crippen molar-refractivity contribution in [1.29, 1.82) is 0 Å². The minimum Gasteiger partial charge on any atom is -0.310 e. The van der Waals surface area contributed by atoms with E-state index in [9.17, 15) is 0 Å². The van der Waals surface area contributed by atoms with Gasteiger partial charge in [0.05, 0.1) is 6.20 Å². The molecule has 2 rings (SSSR count). The van der Waals surface area contributed by atoms with Gasteiger partial charge in [-0.2, -0.15) is 5.10 Å². The van der Waals surface area contributed by atoms with Gasteiger partial charge in [0.15, 0.2) is 0 Å². The first-order valence-corrected chi connectivity index (χ1v) is 7.96. The van der Waals surface area contributed by atoms with Gasteiger partial charge >= 0.3 is 0 Å². The molecule has 0 saturated heterocycles. The summed E-state index contributed by atoms with van der Waals surface area (Å²) in [6.07, 6.45) is 6.29. The second-order valence-corrected chi connectivity index (χ2v) is 5.70. The number of aromatic nitrogens is 2. The van der Waals surface area contributed by atoms with Crippen molar-refractivity contribution in [1.82, 2.24) is 15.1 Å². The van der Waals surface area contributed by atoms with Gasteiger partial charge < -0.3 is 5.32 Å². The number of nitrogens with one attached hydrogen (secondary N) is 1. The number of rotatable bonds is 7. The van der Waals surface area contributed by atoms with Gasteiger partial charge in [0.25, 0.3) is 0 Å². The van der Waals surface area contributed by atoms with E-state index in [0.29, 0.717) is 6.04 Å². The summed E-state index contributed by atoms with van der Waals surface area (Å²) < 4.78 is 2.00. The molecule has 1 aromatic heterocycles. The van der Waals surface area contributed by atoms with Crippen LogP contribution in [0, 0.1) is 13.8 Å². The maximum atomic E-state index is 4.39. The second-order valence-electron chi connectivity index (χ2n) is 5.70. The van der Waals surface area contributed by atoms with Crippen LogP contribution < -0.4 is 5.32 Å². The van der Waals surface area contributed by atoms with Crippen molar-refractivity contribution in [2.75, 3.05) is 6.54 Å². The molecule has 2 aromatic rings. The molecular weight excluding hydrogens is 258 g/mol. The molecule has 0 bridgehead atoms. The first-order valence-electron chi connectivity index (χ1n) is 7.96. The van der Waals surface area contributed by atoms with Crippen molar-refractivity contribution in [2.24, 2.45) is 0 Å². The summed E-state index contributed by atoms with van der Waals surface area (Å²) in [5.74, 6) is 0. The van der Waals surface area contributed by atoms with Crippen LogP contribution in [0.2, 0.25) is 0 Å². The number of benzene rings is 1. The van der Waals surface area contributed by atoms with Crippen molar-refractivity contribution in [3.63, 3.8) is 0 Å². The van der Waals surface area contributed by atoms with Crippen LogP contribution in [0.4, 0.5) is 0 Å². The molecule has 0 fully saturated rings. The SMILES string of the molecule is CCCNC(Cc1cnn(CC)c1)c1cccc(C)c1C. The van der Waals surface area contributed by atoms with Crippen molar-refractivity contribution >= 4 is 0 Å². The van der Waals surface area contributed by atoms with E-state index < -0.39 is 0 Å². The molecule has 0 aliphatic carbocycles. The maximum Gasteiger partial charge on any atom is 0.0522 e. The molecule has 0 aliphatic heterocycles. The van der Waals surface area contributed by atoms with Crippen LogP contribution in [-0.4, -0.2) is 16.3 Å². The zero-order chi connectivity index (χ0) is 15.2. The van der Waals surface area contributed by atoms with Crippen LogP contribution in [0.25, 0.3) is 0 Å². The van der Waals surface area contributed by atoms with Crippen LogP contribution in [-0.2, 0) is 13.0 Å². The van der Waals surface area contributed by atoms with Gasteiger partial charge in [-0.05, 0) is 62.4 Å². The van der Waals surface area contributed by atoms with Gasteiger partial charge in [-0.15, -0.1) is 0 Å². The van der Waals surface area contributed by atoms with E-state index in [0.717, 1.165) is 25.9 Å². The minimum absolute atomic E-state index is 0.361. The Bertz CT molecular complexity index is 572. The summed E-state index contributed by atoms with van der Waals surface area (Å²) in [4.78, 5) is 0. The summed E-state index contributed by atoms with van der Waals surface area (Å²) >= 11 is 0. The van der Waals surface area contributed by atoms with Gasteiger partial charge in [0, 0.05) is 18.8 Å². The molecular formula is C18H27N3. The molecule has 3 heteroatoms. The predicted octanol–water partition coefficient (Wildman–Crippen LogP) is 3.80. The highest BCUT2D eigenvalue weighted by Gasteiger charge is 2.15. The van der Waals surface area contributed by atoms with Crippen molar-refractivity contribution in [3.8, 4) is 0 Å². The first-order chi connectivity index (χ1) is 10.2. The van der Waals surface area contributed by atoms with Gasteiger partial charge in [0.1, 0.15) is 0 Å². The number of nitrogens with zero attached hydrogens (tertiary/aromatic N) is 2. The van der Waals surface area contributed by atoms with E-state index >= 15 is 0 Å². The molecule has 1 heterocycles. The lowest BCUT2D eigenvalue weighted by Gasteiger charge is -2.21. The van der Waals surface area contributed by atoms with E-state index in [1.807, 2.05) is 10.9 Å². The molecule has 1 aromatic carbocycles. The third-order valence-electron chi connectivity index (χ3n) is 4.11. The quantitative estimate of drug-likeness (QED) is 0.838. The minimum atomic E-state index is 0.361. The second kappa shape index (κ2) is 7.41. The average molecular weight is 285 g/mol. The summed E-state index contributed by atoms with van der Waals surface area (Å²) in [5.41, 5.74) is 5.47. The van der Waals surface area contributed by atoms with Crippen LogP contribution in [0.5, 0.6) is 0 Å².